The molecule has 1 amide bonds. The van der Waals surface area contributed by atoms with Gasteiger partial charge in [0.2, 0.25) is 5.91 Å². The molecule has 0 aliphatic carbocycles. The summed E-state index contributed by atoms with van der Waals surface area (Å²) >= 11 is 0. The van der Waals surface area contributed by atoms with Gasteiger partial charge >= 0.3 is 5.97 Å². The van der Waals surface area contributed by atoms with E-state index in [1.54, 1.807) is 0 Å². The molecular weight excluding hydrogens is 244 g/mol. The van der Waals surface area contributed by atoms with Crippen LogP contribution in [0, 0.1) is 5.92 Å². The summed E-state index contributed by atoms with van der Waals surface area (Å²) in [6.45, 7) is 4.30. The Kier molecular flexibility index (Phi) is 7.48. The Labute approximate surface area is 115 Å². The molecule has 2 N–H and O–H groups in total. The zero-order chi connectivity index (χ0) is 14.1. The maximum absolute atomic E-state index is 11.9. The standard InChI is InChI=1S/C14H26N2O3/c1-2-19-14(18)12-7-10-16(11-8-12)13(17)6-4-3-5-9-15/h12H,2-11,15H2,1H3. The average molecular weight is 270 g/mol. The largest absolute Gasteiger partial charge is 0.466 e. The van der Waals surface area contributed by atoms with Crippen LogP contribution in [0.4, 0.5) is 0 Å². The van der Waals surface area contributed by atoms with Gasteiger partial charge in [-0.25, -0.2) is 0 Å². The summed E-state index contributed by atoms with van der Waals surface area (Å²) in [6.07, 6.45) is 4.97. The van der Waals surface area contributed by atoms with Crippen LogP contribution in [0.1, 0.15) is 45.4 Å². The molecule has 0 radical (unpaired) electrons. The third-order valence-corrected chi connectivity index (χ3v) is 3.56. The van der Waals surface area contributed by atoms with Crippen molar-refractivity contribution in [1.82, 2.24) is 4.90 Å². The van der Waals surface area contributed by atoms with Gasteiger partial charge in [-0.3, -0.25) is 9.59 Å². The van der Waals surface area contributed by atoms with Gasteiger partial charge in [0.15, 0.2) is 0 Å². The molecule has 1 rings (SSSR count). The maximum Gasteiger partial charge on any atom is 0.309 e. The van der Waals surface area contributed by atoms with Crippen molar-refractivity contribution >= 4 is 11.9 Å². The van der Waals surface area contributed by atoms with E-state index in [1.165, 1.54) is 0 Å². The highest BCUT2D eigenvalue weighted by molar-refractivity contribution is 5.77. The molecule has 0 bridgehead atoms. The summed E-state index contributed by atoms with van der Waals surface area (Å²) in [5, 5.41) is 0. The Balaban J connectivity index is 2.21. The zero-order valence-electron chi connectivity index (χ0n) is 11.9. The third kappa shape index (κ3) is 5.59. The van der Waals surface area contributed by atoms with Gasteiger partial charge in [-0.05, 0) is 39.2 Å². The van der Waals surface area contributed by atoms with Crippen molar-refractivity contribution < 1.29 is 14.3 Å². The van der Waals surface area contributed by atoms with Crippen molar-refractivity contribution in [2.45, 2.75) is 45.4 Å². The molecule has 0 aromatic carbocycles. The van der Waals surface area contributed by atoms with E-state index < -0.39 is 0 Å². The maximum atomic E-state index is 11.9. The molecule has 0 saturated carbocycles. The Bertz CT molecular complexity index is 286. The lowest BCUT2D eigenvalue weighted by atomic mass is 9.96. The van der Waals surface area contributed by atoms with Gasteiger partial charge in [-0.1, -0.05) is 6.42 Å². The van der Waals surface area contributed by atoms with E-state index in [0.29, 0.717) is 32.7 Å². The van der Waals surface area contributed by atoms with E-state index in [1.807, 2.05) is 11.8 Å². The van der Waals surface area contributed by atoms with Gasteiger partial charge in [-0.2, -0.15) is 0 Å². The van der Waals surface area contributed by atoms with E-state index >= 15 is 0 Å². The molecule has 1 saturated heterocycles. The van der Waals surface area contributed by atoms with Crippen LogP contribution in [-0.4, -0.2) is 43.0 Å². The number of unbranched alkanes of at least 4 members (excludes halogenated alkanes) is 2. The molecule has 1 aliphatic heterocycles. The number of carbonyl (C=O) groups is 2. The number of hydrogen-bond acceptors (Lipinski definition) is 4. The molecule has 5 nitrogen and oxygen atoms in total. The molecule has 5 heteroatoms. The lowest BCUT2D eigenvalue weighted by molar-refractivity contribution is -0.151. The number of carbonyl (C=O) groups excluding carboxylic acids is 2. The molecule has 0 aromatic rings. The van der Waals surface area contributed by atoms with E-state index in [4.69, 9.17) is 10.5 Å². The molecule has 1 fully saturated rings. The Morgan fingerprint density at radius 1 is 1.21 bits per heavy atom. The summed E-state index contributed by atoms with van der Waals surface area (Å²) in [5.74, 6) is 0.0677. The van der Waals surface area contributed by atoms with Crippen LogP contribution in [0.25, 0.3) is 0 Å². The highest BCUT2D eigenvalue weighted by atomic mass is 16.5. The first kappa shape index (κ1) is 16.0. The number of piperidine rings is 1. The van der Waals surface area contributed by atoms with E-state index in [2.05, 4.69) is 0 Å². The van der Waals surface area contributed by atoms with Crippen molar-refractivity contribution in [1.29, 1.82) is 0 Å². The predicted molar refractivity (Wildman–Crippen MR) is 73.5 cm³/mol. The van der Waals surface area contributed by atoms with Crippen LogP contribution in [0.2, 0.25) is 0 Å². The quantitative estimate of drug-likeness (QED) is 0.559. The van der Waals surface area contributed by atoms with E-state index in [9.17, 15) is 9.59 Å². The number of esters is 1. The molecule has 0 unspecified atom stereocenters. The molecule has 1 heterocycles. The minimum atomic E-state index is -0.113. The van der Waals surface area contributed by atoms with Crippen LogP contribution < -0.4 is 5.73 Å². The van der Waals surface area contributed by atoms with Crippen LogP contribution >= 0.6 is 0 Å². The van der Waals surface area contributed by atoms with E-state index in [0.717, 1.165) is 32.1 Å². The van der Waals surface area contributed by atoms with Gasteiger partial charge in [0, 0.05) is 19.5 Å². The Morgan fingerprint density at radius 3 is 2.47 bits per heavy atom. The monoisotopic (exact) mass is 270 g/mol. The molecular formula is C14H26N2O3. The minimum Gasteiger partial charge on any atom is -0.466 e. The van der Waals surface area contributed by atoms with Crippen molar-refractivity contribution in [3.05, 3.63) is 0 Å². The summed E-state index contributed by atoms with van der Waals surface area (Å²) in [7, 11) is 0. The van der Waals surface area contributed by atoms with Crippen molar-refractivity contribution in [3.8, 4) is 0 Å². The second-order valence-corrected chi connectivity index (χ2v) is 5.01. The predicted octanol–water partition coefficient (Wildman–Crippen LogP) is 1.31. The van der Waals surface area contributed by atoms with Gasteiger partial charge in [0.1, 0.15) is 0 Å². The number of ether oxygens (including phenoxy) is 1. The van der Waals surface area contributed by atoms with Crippen LogP contribution in [0.15, 0.2) is 0 Å². The SMILES string of the molecule is CCOC(=O)C1CCN(C(=O)CCCCCN)CC1. The number of amides is 1. The van der Waals surface area contributed by atoms with Gasteiger partial charge in [0.05, 0.1) is 12.5 Å². The number of likely N-dealkylation sites (tertiary alicyclic amines) is 1. The summed E-state index contributed by atoms with van der Waals surface area (Å²) in [4.78, 5) is 25.4. The topological polar surface area (TPSA) is 72.6 Å². The fraction of sp³-hybridized carbons (Fsp3) is 0.857. The van der Waals surface area contributed by atoms with Gasteiger partial charge in [0.25, 0.3) is 0 Å². The van der Waals surface area contributed by atoms with Gasteiger partial charge < -0.3 is 15.4 Å². The lowest BCUT2D eigenvalue weighted by Crippen LogP contribution is -2.40. The summed E-state index contributed by atoms with van der Waals surface area (Å²) in [6, 6.07) is 0. The molecule has 0 atom stereocenters. The first-order valence-corrected chi connectivity index (χ1v) is 7.33. The lowest BCUT2D eigenvalue weighted by Gasteiger charge is -2.31. The second kappa shape index (κ2) is 8.91. The normalized spacial score (nSPS) is 16.4. The average Bonchev–Trinajstić information content (AvgIpc) is 2.44. The fourth-order valence-corrected chi connectivity index (χ4v) is 2.38. The Morgan fingerprint density at radius 2 is 1.89 bits per heavy atom. The number of hydrogen-bond donors (Lipinski definition) is 1. The smallest absolute Gasteiger partial charge is 0.309 e. The highest BCUT2D eigenvalue weighted by Crippen LogP contribution is 2.19. The second-order valence-electron chi connectivity index (χ2n) is 5.01. The van der Waals surface area contributed by atoms with Crippen LogP contribution in [0.5, 0.6) is 0 Å². The zero-order valence-corrected chi connectivity index (χ0v) is 11.9. The summed E-state index contributed by atoms with van der Waals surface area (Å²) in [5.41, 5.74) is 5.42. The summed E-state index contributed by atoms with van der Waals surface area (Å²) < 4.78 is 5.01. The number of nitrogens with zero attached hydrogens (tertiary/aromatic N) is 1. The molecule has 0 aromatic heterocycles. The third-order valence-electron chi connectivity index (χ3n) is 3.56. The molecule has 19 heavy (non-hydrogen) atoms. The first-order valence-electron chi connectivity index (χ1n) is 7.33. The first-order chi connectivity index (χ1) is 9.19. The molecule has 0 spiro atoms. The van der Waals surface area contributed by atoms with Crippen molar-refractivity contribution in [2.24, 2.45) is 11.7 Å². The highest BCUT2D eigenvalue weighted by Gasteiger charge is 2.27. The number of rotatable bonds is 7. The molecule has 110 valence electrons. The minimum absolute atomic E-state index is 0.0266. The van der Waals surface area contributed by atoms with Crippen LogP contribution in [-0.2, 0) is 14.3 Å². The Hall–Kier alpha value is -1.10. The molecule has 1 aliphatic rings. The van der Waals surface area contributed by atoms with E-state index in [-0.39, 0.29) is 17.8 Å². The fourth-order valence-electron chi connectivity index (χ4n) is 2.38. The number of nitrogens with two attached hydrogens (primary N) is 1. The van der Waals surface area contributed by atoms with Crippen molar-refractivity contribution in [3.63, 3.8) is 0 Å². The van der Waals surface area contributed by atoms with Gasteiger partial charge in [-0.15, -0.1) is 0 Å². The van der Waals surface area contributed by atoms with Crippen molar-refractivity contribution in [2.75, 3.05) is 26.2 Å². The van der Waals surface area contributed by atoms with Crippen LogP contribution in [0.3, 0.4) is 0 Å².